The minimum absolute atomic E-state index is 0.109. The highest BCUT2D eigenvalue weighted by molar-refractivity contribution is 6.04. The summed E-state index contributed by atoms with van der Waals surface area (Å²) in [5.41, 5.74) is 3.69. The van der Waals surface area contributed by atoms with E-state index in [0.29, 0.717) is 12.0 Å². The molecule has 0 aliphatic carbocycles. The van der Waals surface area contributed by atoms with E-state index in [0.717, 1.165) is 17.7 Å². The van der Waals surface area contributed by atoms with Gasteiger partial charge in [0.2, 0.25) is 0 Å². The monoisotopic (exact) mass is 269 g/mol. The second kappa shape index (κ2) is 6.87. The van der Waals surface area contributed by atoms with Crippen LogP contribution in [0, 0.1) is 0 Å². The number of carbonyl (C=O) groups is 1. The number of hydrogen-bond donors (Lipinski definition) is 2. The Balaban J connectivity index is 2.02. The van der Waals surface area contributed by atoms with Crippen LogP contribution in [-0.4, -0.2) is 17.6 Å². The first kappa shape index (κ1) is 14.3. The summed E-state index contributed by atoms with van der Waals surface area (Å²) in [4.78, 5) is 12.1. The highest BCUT2D eigenvalue weighted by atomic mass is 16.2. The minimum Gasteiger partial charge on any atom is -0.396 e. The van der Waals surface area contributed by atoms with Crippen molar-refractivity contribution in [1.82, 2.24) is 0 Å². The number of rotatable bonds is 5. The van der Waals surface area contributed by atoms with Crippen LogP contribution >= 0.6 is 0 Å². The Hall–Kier alpha value is -2.13. The number of aryl methyl sites for hydroxylation is 1. The molecule has 0 aliphatic heterocycles. The van der Waals surface area contributed by atoms with Gasteiger partial charge in [-0.2, -0.15) is 0 Å². The molecule has 0 bridgehead atoms. The van der Waals surface area contributed by atoms with Crippen molar-refractivity contribution in [3.05, 3.63) is 65.2 Å². The van der Waals surface area contributed by atoms with Gasteiger partial charge in [0, 0.05) is 17.9 Å². The first-order valence-electron chi connectivity index (χ1n) is 6.83. The van der Waals surface area contributed by atoms with Gasteiger partial charge in [-0.25, -0.2) is 0 Å². The molecule has 0 radical (unpaired) electrons. The van der Waals surface area contributed by atoms with E-state index in [1.54, 1.807) is 0 Å². The first-order valence-corrected chi connectivity index (χ1v) is 6.83. The third-order valence-electron chi connectivity index (χ3n) is 3.24. The van der Waals surface area contributed by atoms with E-state index >= 15 is 0 Å². The number of anilines is 1. The van der Waals surface area contributed by atoms with Crippen molar-refractivity contribution in [3.63, 3.8) is 0 Å². The maximum absolute atomic E-state index is 12.1. The lowest BCUT2D eigenvalue weighted by Crippen LogP contribution is -2.11. The van der Waals surface area contributed by atoms with Crippen LogP contribution in [0.15, 0.2) is 48.5 Å². The van der Waals surface area contributed by atoms with E-state index in [4.69, 9.17) is 5.11 Å². The summed E-state index contributed by atoms with van der Waals surface area (Å²) >= 11 is 0. The largest absolute Gasteiger partial charge is 0.396 e. The molecule has 0 saturated carbocycles. The summed E-state index contributed by atoms with van der Waals surface area (Å²) in [6.45, 7) is 2.22. The van der Waals surface area contributed by atoms with Crippen molar-refractivity contribution in [2.24, 2.45) is 0 Å². The second-order valence-corrected chi connectivity index (χ2v) is 4.68. The normalized spacial score (nSPS) is 10.3. The fourth-order valence-corrected chi connectivity index (χ4v) is 1.98. The van der Waals surface area contributed by atoms with Crippen LogP contribution in [-0.2, 0) is 12.8 Å². The maximum Gasteiger partial charge on any atom is 0.255 e. The third kappa shape index (κ3) is 3.68. The van der Waals surface area contributed by atoms with Gasteiger partial charge >= 0.3 is 0 Å². The van der Waals surface area contributed by atoms with Gasteiger partial charge in [0.05, 0.1) is 0 Å². The lowest BCUT2D eigenvalue weighted by Gasteiger charge is -2.07. The molecular formula is C17H19NO2. The van der Waals surface area contributed by atoms with Crippen LogP contribution in [0.25, 0.3) is 0 Å². The SMILES string of the molecule is CCc1ccc(C(=O)Nc2ccc(CCO)cc2)cc1. The predicted molar refractivity (Wildman–Crippen MR) is 81.0 cm³/mol. The van der Waals surface area contributed by atoms with E-state index < -0.39 is 0 Å². The van der Waals surface area contributed by atoms with Gasteiger partial charge in [0.25, 0.3) is 5.91 Å². The number of amides is 1. The van der Waals surface area contributed by atoms with Crippen LogP contribution in [0.3, 0.4) is 0 Å². The van der Waals surface area contributed by atoms with E-state index in [2.05, 4.69) is 12.2 Å². The summed E-state index contributed by atoms with van der Waals surface area (Å²) < 4.78 is 0. The zero-order valence-corrected chi connectivity index (χ0v) is 11.6. The molecule has 0 fully saturated rings. The Morgan fingerprint density at radius 3 is 2.15 bits per heavy atom. The maximum atomic E-state index is 12.1. The summed E-state index contributed by atoms with van der Waals surface area (Å²) in [5.74, 6) is -0.109. The fourth-order valence-electron chi connectivity index (χ4n) is 1.98. The smallest absolute Gasteiger partial charge is 0.255 e. The van der Waals surface area contributed by atoms with Gasteiger partial charge in [-0.3, -0.25) is 4.79 Å². The Morgan fingerprint density at radius 1 is 1.00 bits per heavy atom. The molecule has 0 saturated heterocycles. The van der Waals surface area contributed by atoms with E-state index in [1.807, 2.05) is 48.5 Å². The Morgan fingerprint density at radius 2 is 1.60 bits per heavy atom. The van der Waals surface area contributed by atoms with Crippen LogP contribution in [0.4, 0.5) is 5.69 Å². The summed E-state index contributed by atoms with van der Waals surface area (Å²) in [6.07, 6.45) is 1.60. The quantitative estimate of drug-likeness (QED) is 0.876. The number of nitrogens with one attached hydrogen (secondary N) is 1. The molecule has 3 heteroatoms. The topological polar surface area (TPSA) is 49.3 Å². The molecule has 20 heavy (non-hydrogen) atoms. The van der Waals surface area contributed by atoms with Crippen molar-refractivity contribution in [1.29, 1.82) is 0 Å². The van der Waals surface area contributed by atoms with Crippen molar-refractivity contribution >= 4 is 11.6 Å². The number of benzene rings is 2. The highest BCUT2D eigenvalue weighted by Crippen LogP contribution is 2.12. The molecule has 0 spiro atoms. The molecule has 0 aliphatic rings. The molecule has 1 amide bonds. The molecule has 104 valence electrons. The standard InChI is InChI=1S/C17H19NO2/c1-2-13-3-7-15(8-4-13)17(20)18-16-9-5-14(6-10-16)11-12-19/h3-10,19H,2,11-12H2,1H3,(H,18,20). The Labute approximate surface area is 119 Å². The zero-order valence-electron chi connectivity index (χ0n) is 11.6. The van der Waals surface area contributed by atoms with Gasteiger partial charge in [0.1, 0.15) is 0 Å². The Bertz CT molecular complexity index is 559. The van der Waals surface area contributed by atoms with Crippen molar-refractivity contribution in [2.45, 2.75) is 19.8 Å². The predicted octanol–water partition coefficient (Wildman–Crippen LogP) is 3.04. The van der Waals surface area contributed by atoms with Crippen molar-refractivity contribution < 1.29 is 9.90 Å². The highest BCUT2D eigenvalue weighted by Gasteiger charge is 2.05. The van der Waals surface area contributed by atoms with E-state index in [1.165, 1.54) is 5.56 Å². The van der Waals surface area contributed by atoms with Crippen LogP contribution in [0.1, 0.15) is 28.4 Å². The van der Waals surface area contributed by atoms with Crippen molar-refractivity contribution in [3.8, 4) is 0 Å². The van der Waals surface area contributed by atoms with Crippen LogP contribution in [0.2, 0.25) is 0 Å². The average Bonchev–Trinajstić information content (AvgIpc) is 2.49. The van der Waals surface area contributed by atoms with E-state index in [9.17, 15) is 4.79 Å². The van der Waals surface area contributed by atoms with Gasteiger partial charge in [-0.1, -0.05) is 31.2 Å². The van der Waals surface area contributed by atoms with Gasteiger partial charge < -0.3 is 10.4 Å². The molecule has 2 aromatic rings. The van der Waals surface area contributed by atoms with Crippen LogP contribution in [0.5, 0.6) is 0 Å². The Kier molecular flexibility index (Phi) is 4.91. The fraction of sp³-hybridized carbons (Fsp3) is 0.235. The van der Waals surface area contributed by atoms with Gasteiger partial charge in [-0.15, -0.1) is 0 Å². The molecule has 0 unspecified atom stereocenters. The molecule has 2 N–H and O–H groups in total. The molecule has 0 aromatic heterocycles. The second-order valence-electron chi connectivity index (χ2n) is 4.68. The molecule has 3 nitrogen and oxygen atoms in total. The molecule has 0 atom stereocenters. The average molecular weight is 269 g/mol. The lowest BCUT2D eigenvalue weighted by molar-refractivity contribution is 0.102. The zero-order chi connectivity index (χ0) is 14.4. The van der Waals surface area contributed by atoms with Gasteiger partial charge in [-0.05, 0) is 48.2 Å². The molecule has 0 heterocycles. The van der Waals surface area contributed by atoms with E-state index in [-0.39, 0.29) is 12.5 Å². The minimum atomic E-state index is -0.109. The lowest BCUT2D eigenvalue weighted by atomic mass is 10.1. The summed E-state index contributed by atoms with van der Waals surface area (Å²) in [7, 11) is 0. The third-order valence-corrected chi connectivity index (χ3v) is 3.24. The summed E-state index contributed by atoms with van der Waals surface area (Å²) in [6, 6.07) is 15.1. The van der Waals surface area contributed by atoms with Gasteiger partial charge in [0.15, 0.2) is 0 Å². The molecule has 2 rings (SSSR count). The van der Waals surface area contributed by atoms with Crippen LogP contribution < -0.4 is 5.32 Å². The number of hydrogen-bond acceptors (Lipinski definition) is 2. The molecular weight excluding hydrogens is 250 g/mol. The number of carbonyl (C=O) groups excluding carboxylic acids is 1. The number of aliphatic hydroxyl groups excluding tert-OH is 1. The number of aliphatic hydroxyl groups is 1. The summed E-state index contributed by atoms with van der Waals surface area (Å²) in [5, 5.41) is 11.7. The van der Waals surface area contributed by atoms with Crippen molar-refractivity contribution in [2.75, 3.05) is 11.9 Å². The molecule has 2 aromatic carbocycles. The first-order chi connectivity index (χ1) is 9.72.